The molecule has 12 heavy (non-hydrogen) atoms. The van der Waals surface area contributed by atoms with Gasteiger partial charge >= 0.3 is 0 Å². The molecule has 0 aromatic heterocycles. The van der Waals surface area contributed by atoms with E-state index in [0.29, 0.717) is 5.56 Å². The number of nitrogens with zero attached hydrogens (tertiary/aromatic N) is 1. The van der Waals surface area contributed by atoms with Gasteiger partial charge in [0.25, 0.3) is 5.91 Å². The highest BCUT2D eigenvalue weighted by Crippen LogP contribution is 2.02. The minimum Gasteiger partial charge on any atom is -0.267 e. The molecule has 0 saturated carbocycles. The smallest absolute Gasteiger partial charge is 0.267 e. The largest absolute Gasteiger partial charge is 0.272 e. The van der Waals surface area contributed by atoms with E-state index >= 15 is 0 Å². The van der Waals surface area contributed by atoms with Gasteiger partial charge in [-0.2, -0.15) is 0 Å². The van der Waals surface area contributed by atoms with Crippen LogP contribution in [-0.4, -0.2) is 13.0 Å². The SMILES string of the molecule is C#Cc1ccc(C(=O)[N]C)cc1. The van der Waals surface area contributed by atoms with Crippen LogP contribution in [0.3, 0.4) is 0 Å². The lowest BCUT2D eigenvalue weighted by Gasteiger charge is -1.96. The topological polar surface area (TPSA) is 31.2 Å². The van der Waals surface area contributed by atoms with Gasteiger partial charge in [0.2, 0.25) is 0 Å². The number of carbonyl (C=O) groups is 1. The second-order valence-corrected chi connectivity index (χ2v) is 2.25. The van der Waals surface area contributed by atoms with E-state index in [4.69, 9.17) is 6.42 Å². The van der Waals surface area contributed by atoms with E-state index in [-0.39, 0.29) is 5.91 Å². The second-order valence-electron chi connectivity index (χ2n) is 2.25. The highest BCUT2D eigenvalue weighted by Gasteiger charge is 2.01. The van der Waals surface area contributed by atoms with Gasteiger partial charge in [0.05, 0.1) is 0 Å². The molecular formula is C10H8NO. The van der Waals surface area contributed by atoms with Crippen LogP contribution >= 0.6 is 0 Å². The first-order chi connectivity index (χ1) is 5.77. The van der Waals surface area contributed by atoms with Crippen molar-refractivity contribution in [1.29, 1.82) is 0 Å². The lowest BCUT2D eigenvalue weighted by molar-refractivity contribution is 0.0959. The molecule has 0 spiro atoms. The summed E-state index contributed by atoms with van der Waals surface area (Å²) in [6.07, 6.45) is 5.15. The predicted molar refractivity (Wildman–Crippen MR) is 46.8 cm³/mol. The molecule has 0 saturated heterocycles. The Bertz CT molecular complexity index is 319. The minimum atomic E-state index is -0.224. The van der Waals surface area contributed by atoms with Crippen molar-refractivity contribution < 1.29 is 4.79 Å². The molecule has 0 aliphatic rings. The summed E-state index contributed by atoms with van der Waals surface area (Å²) in [6.45, 7) is 0. The summed E-state index contributed by atoms with van der Waals surface area (Å²) >= 11 is 0. The van der Waals surface area contributed by atoms with Crippen molar-refractivity contribution in [3.63, 3.8) is 0 Å². The monoisotopic (exact) mass is 158 g/mol. The van der Waals surface area contributed by atoms with Gasteiger partial charge in [0, 0.05) is 18.2 Å². The summed E-state index contributed by atoms with van der Waals surface area (Å²) in [5.74, 6) is 2.25. The van der Waals surface area contributed by atoms with Crippen LogP contribution in [0.1, 0.15) is 15.9 Å². The minimum absolute atomic E-state index is 0.224. The number of hydrogen-bond donors (Lipinski definition) is 0. The maximum Gasteiger partial charge on any atom is 0.272 e. The van der Waals surface area contributed by atoms with Crippen LogP contribution in [0, 0.1) is 12.3 Å². The van der Waals surface area contributed by atoms with Crippen molar-refractivity contribution >= 4 is 5.91 Å². The lowest BCUT2D eigenvalue weighted by Crippen LogP contribution is -2.09. The Hall–Kier alpha value is -1.75. The third-order valence-electron chi connectivity index (χ3n) is 1.50. The maximum atomic E-state index is 11.0. The molecule has 0 unspecified atom stereocenters. The van der Waals surface area contributed by atoms with Crippen LogP contribution in [0.4, 0.5) is 0 Å². The fourth-order valence-electron chi connectivity index (χ4n) is 0.838. The van der Waals surface area contributed by atoms with E-state index < -0.39 is 0 Å². The molecule has 1 aromatic carbocycles. The molecule has 0 heterocycles. The average molecular weight is 158 g/mol. The van der Waals surface area contributed by atoms with Crippen molar-refractivity contribution in [1.82, 2.24) is 5.32 Å². The molecule has 1 amide bonds. The highest BCUT2D eigenvalue weighted by atomic mass is 16.1. The summed E-state index contributed by atoms with van der Waals surface area (Å²) in [7, 11) is 1.47. The van der Waals surface area contributed by atoms with E-state index in [1.165, 1.54) is 7.05 Å². The molecule has 2 heteroatoms. The lowest BCUT2D eigenvalue weighted by atomic mass is 10.1. The van der Waals surface area contributed by atoms with Gasteiger partial charge in [-0.05, 0) is 24.3 Å². The molecule has 1 aromatic rings. The zero-order chi connectivity index (χ0) is 8.97. The van der Waals surface area contributed by atoms with Crippen LogP contribution in [0.5, 0.6) is 0 Å². The summed E-state index contributed by atoms with van der Waals surface area (Å²) in [5.41, 5.74) is 1.33. The maximum absolute atomic E-state index is 11.0. The van der Waals surface area contributed by atoms with Gasteiger partial charge < -0.3 is 0 Å². The number of benzene rings is 1. The molecule has 0 fully saturated rings. The van der Waals surface area contributed by atoms with E-state index in [2.05, 4.69) is 11.2 Å². The summed E-state index contributed by atoms with van der Waals surface area (Å²) in [6, 6.07) is 6.78. The highest BCUT2D eigenvalue weighted by molar-refractivity contribution is 5.93. The van der Waals surface area contributed by atoms with Gasteiger partial charge in [-0.1, -0.05) is 5.92 Å². The Morgan fingerprint density at radius 1 is 1.42 bits per heavy atom. The van der Waals surface area contributed by atoms with Gasteiger partial charge in [0.15, 0.2) is 0 Å². The fourth-order valence-corrected chi connectivity index (χ4v) is 0.838. The first-order valence-electron chi connectivity index (χ1n) is 3.48. The van der Waals surface area contributed by atoms with E-state index in [0.717, 1.165) is 5.56 Å². The molecule has 1 rings (SSSR count). The first-order valence-corrected chi connectivity index (χ1v) is 3.48. The average Bonchev–Trinajstić information content (AvgIpc) is 2.17. The second kappa shape index (κ2) is 3.59. The molecule has 0 aliphatic carbocycles. The van der Waals surface area contributed by atoms with Crippen LogP contribution in [-0.2, 0) is 0 Å². The fraction of sp³-hybridized carbons (Fsp3) is 0.100. The van der Waals surface area contributed by atoms with Crippen molar-refractivity contribution in [2.75, 3.05) is 7.05 Å². The number of hydrogen-bond acceptors (Lipinski definition) is 1. The molecule has 59 valence electrons. The Labute approximate surface area is 71.6 Å². The van der Waals surface area contributed by atoms with Crippen molar-refractivity contribution in [3.05, 3.63) is 35.4 Å². The number of terminal acetylenes is 1. The van der Waals surface area contributed by atoms with E-state index in [1.54, 1.807) is 24.3 Å². The van der Waals surface area contributed by atoms with Crippen LogP contribution in [0.15, 0.2) is 24.3 Å². The van der Waals surface area contributed by atoms with Crippen LogP contribution in [0.25, 0.3) is 0 Å². The normalized spacial score (nSPS) is 8.67. The zero-order valence-corrected chi connectivity index (χ0v) is 6.74. The Kier molecular flexibility index (Phi) is 2.49. The van der Waals surface area contributed by atoms with Gasteiger partial charge in [-0.15, -0.1) is 6.42 Å². The van der Waals surface area contributed by atoms with Gasteiger partial charge in [0.1, 0.15) is 0 Å². The Morgan fingerprint density at radius 2 is 2.00 bits per heavy atom. The van der Waals surface area contributed by atoms with Crippen LogP contribution < -0.4 is 5.32 Å². The Morgan fingerprint density at radius 3 is 2.42 bits per heavy atom. The molecule has 1 radical (unpaired) electrons. The van der Waals surface area contributed by atoms with Crippen molar-refractivity contribution in [2.24, 2.45) is 0 Å². The molecule has 0 aliphatic heterocycles. The number of rotatable bonds is 1. The van der Waals surface area contributed by atoms with E-state index in [1.807, 2.05) is 0 Å². The number of carbonyl (C=O) groups excluding carboxylic acids is 1. The van der Waals surface area contributed by atoms with Gasteiger partial charge in [-0.25, -0.2) is 0 Å². The summed E-state index contributed by atoms with van der Waals surface area (Å²) in [4.78, 5) is 11.0. The quantitative estimate of drug-likeness (QED) is 0.562. The third-order valence-corrected chi connectivity index (χ3v) is 1.50. The Balaban J connectivity index is 2.94. The zero-order valence-electron chi connectivity index (χ0n) is 6.74. The van der Waals surface area contributed by atoms with Crippen molar-refractivity contribution in [2.45, 2.75) is 0 Å². The number of amides is 1. The van der Waals surface area contributed by atoms with Crippen molar-refractivity contribution in [3.8, 4) is 12.3 Å². The van der Waals surface area contributed by atoms with Gasteiger partial charge in [-0.3, -0.25) is 10.1 Å². The van der Waals surface area contributed by atoms with Crippen LogP contribution in [0.2, 0.25) is 0 Å². The summed E-state index contributed by atoms with van der Waals surface area (Å²) < 4.78 is 0. The standard InChI is InChI=1S/C10H8NO/c1-3-8-4-6-9(7-5-8)10(12)11-2/h1,4-7H,2H3. The first kappa shape index (κ1) is 8.35. The third kappa shape index (κ3) is 1.64. The van der Waals surface area contributed by atoms with E-state index in [9.17, 15) is 4.79 Å². The summed E-state index contributed by atoms with van der Waals surface area (Å²) in [5, 5.41) is 3.52. The molecular weight excluding hydrogens is 150 g/mol. The molecule has 2 nitrogen and oxygen atoms in total. The molecule has 0 bridgehead atoms. The predicted octanol–water partition coefficient (Wildman–Crippen LogP) is 1.04. The molecule has 0 N–H and O–H groups in total. The molecule has 0 atom stereocenters.